The molecule has 1 atom stereocenters. The molecule has 1 aromatic rings. The number of ether oxygens (including phenoxy) is 1. The van der Waals surface area contributed by atoms with Gasteiger partial charge in [0.1, 0.15) is 0 Å². The lowest BCUT2D eigenvalue weighted by Gasteiger charge is -2.17. The lowest BCUT2D eigenvalue weighted by Crippen LogP contribution is -2.20. The normalized spacial score (nSPS) is 20.1. The first-order chi connectivity index (χ1) is 8.47. The van der Waals surface area contributed by atoms with Gasteiger partial charge in [-0.2, -0.15) is 13.2 Å². The Bertz CT molecular complexity index is 414. The molecule has 0 saturated carbocycles. The van der Waals surface area contributed by atoms with E-state index in [1.54, 1.807) is 0 Å². The van der Waals surface area contributed by atoms with Crippen LogP contribution in [-0.2, 0) is 10.9 Å². The minimum absolute atomic E-state index is 0.0105. The van der Waals surface area contributed by atoms with Gasteiger partial charge in [0, 0.05) is 24.5 Å². The Morgan fingerprint density at radius 2 is 2.17 bits per heavy atom. The number of anilines is 2. The van der Waals surface area contributed by atoms with Crippen molar-refractivity contribution in [2.75, 3.05) is 24.2 Å². The molecule has 1 heterocycles. The molecule has 0 radical (unpaired) electrons. The number of benzene rings is 1. The van der Waals surface area contributed by atoms with Crippen LogP contribution < -0.4 is 11.1 Å². The van der Waals surface area contributed by atoms with Crippen molar-refractivity contribution >= 4 is 11.4 Å². The minimum atomic E-state index is -4.41. The number of hydrogen-bond acceptors (Lipinski definition) is 3. The zero-order valence-electron chi connectivity index (χ0n) is 9.76. The van der Waals surface area contributed by atoms with Crippen LogP contribution >= 0.6 is 0 Å². The molecule has 1 fully saturated rings. The Morgan fingerprint density at radius 1 is 1.39 bits per heavy atom. The molecule has 1 aliphatic rings. The molecule has 3 nitrogen and oxygen atoms in total. The average molecular weight is 260 g/mol. The van der Waals surface area contributed by atoms with Gasteiger partial charge in [-0.05, 0) is 31.0 Å². The van der Waals surface area contributed by atoms with Crippen molar-refractivity contribution in [1.29, 1.82) is 0 Å². The Labute approximate surface area is 103 Å². The predicted octanol–water partition coefficient (Wildman–Crippen LogP) is 2.88. The second-order valence-electron chi connectivity index (χ2n) is 4.32. The third kappa shape index (κ3) is 3.07. The van der Waals surface area contributed by atoms with Gasteiger partial charge in [0.25, 0.3) is 0 Å². The summed E-state index contributed by atoms with van der Waals surface area (Å²) in [4.78, 5) is 0. The SMILES string of the molecule is Nc1ccc(NCC2CCCO2)c(C(F)(F)F)c1. The van der Waals surface area contributed by atoms with Gasteiger partial charge in [0.05, 0.1) is 11.7 Å². The van der Waals surface area contributed by atoms with Crippen LogP contribution in [-0.4, -0.2) is 19.3 Å². The van der Waals surface area contributed by atoms with Gasteiger partial charge in [0.2, 0.25) is 0 Å². The Hall–Kier alpha value is -1.43. The first-order valence-electron chi connectivity index (χ1n) is 5.79. The summed E-state index contributed by atoms with van der Waals surface area (Å²) in [6.45, 7) is 1.06. The Balaban J connectivity index is 2.11. The highest BCUT2D eigenvalue weighted by molar-refractivity contribution is 5.59. The molecule has 0 bridgehead atoms. The predicted molar refractivity (Wildman–Crippen MR) is 63.3 cm³/mol. The molecular formula is C12H15F3N2O. The van der Waals surface area contributed by atoms with Crippen LogP contribution in [0.15, 0.2) is 18.2 Å². The molecular weight excluding hydrogens is 245 g/mol. The lowest BCUT2D eigenvalue weighted by molar-refractivity contribution is -0.136. The highest BCUT2D eigenvalue weighted by Gasteiger charge is 2.33. The molecule has 1 saturated heterocycles. The van der Waals surface area contributed by atoms with Crippen molar-refractivity contribution in [3.05, 3.63) is 23.8 Å². The fourth-order valence-electron chi connectivity index (χ4n) is 1.98. The molecule has 0 aliphatic carbocycles. The Morgan fingerprint density at radius 3 is 2.78 bits per heavy atom. The van der Waals surface area contributed by atoms with Gasteiger partial charge in [-0.15, -0.1) is 0 Å². The summed E-state index contributed by atoms with van der Waals surface area (Å²) in [5, 5.41) is 2.79. The maximum Gasteiger partial charge on any atom is 0.418 e. The van der Waals surface area contributed by atoms with E-state index in [0.29, 0.717) is 13.2 Å². The van der Waals surface area contributed by atoms with E-state index >= 15 is 0 Å². The first-order valence-corrected chi connectivity index (χ1v) is 5.79. The van der Waals surface area contributed by atoms with Gasteiger partial charge >= 0.3 is 6.18 Å². The van der Waals surface area contributed by atoms with Crippen LogP contribution in [0.25, 0.3) is 0 Å². The molecule has 0 aromatic heterocycles. The van der Waals surface area contributed by atoms with Crippen molar-refractivity contribution in [3.8, 4) is 0 Å². The zero-order valence-corrected chi connectivity index (χ0v) is 9.76. The molecule has 1 aromatic carbocycles. The second-order valence-corrected chi connectivity index (χ2v) is 4.32. The van der Waals surface area contributed by atoms with E-state index in [0.717, 1.165) is 18.9 Å². The average Bonchev–Trinajstić information content (AvgIpc) is 2.79. The highest BCUT2D eigenvalue weighted by atomic mass is 19.4. The van der Waals surface area contributed by atoms with Crippen LogP contribution in [0.1, 0.15) is 18.4 Å². The van der Waals surface area contributed by atoms with E-state index in [1.807, 2.05) is 0 Å². The van der Waals surface area contributed by atoms with E-state index in [2.05, 4.69) is 5.32 Å². The van der Waals surface area contributed by atoms with Gasteiger partial charge in [0.15, 0.2) is 0 Å². The molecule has 1 aliphatic heterocycles. The molecule has 18 heavy (non-hydrogen) atoms. The number of nitrogens with one attached hydrogen (secondary N) is 1. The monoisotopic (exact) mass is 260 g/mol. The van der Waals surface area contributed by atoms with Crippen LogP contribution in [0.2, 0.25) is 0 Å². The third-order valence-electron chi connectivity index (χ3n) is 2.89. The molecule has 6 heteroatoms. The standard InChI is InChI=1S/C12H15F3N2O/c13-12(14,15)10-6-8(16)3-4-11(10)17-7-9-2-1-5-18-9/h3-4,6,9,17H,1-2,5,7,16H2. The van der Waals surface area contributed by atoms with Gasteiger partial charge in [-0.1, -0.05) is 0 Å². The summed E-state index contributed by atoms with van der Waals surface area (Å²) in [5.41, 5.74) is 4.80. The van der Waals surface area contributed by atoms with Crippen LogP contribution in [0.4, 0.5) is 24.5 Å². The van der Waals surface area contributed by atoms with E-state index in [1.165, 1.54) is 12.1 Å². The van der Waals surface area contributed by atoms with E-state index in [-0.39, 0.29) is 17.5 Å². The third-order valence-corrected chi connectivity index (χ3v) is 2.89. The largest absolute Gasteiger partial charge is 0.418 e. The summed E-state index contributed by atoms with van der Waals surface area (Å²) >= 11 is 0. The number of nitrogens with two attached hydrogens (primary N) is 1. The molecule has 0 amide bonds. The van der Waals surface area contributed by atoms with Gasteiger partial charge in [-0.25, -0.2) is 0 Å². The molecule has 0 spiro atoms. The van der Waals surface area contributed by atoms with E-state index in [9.17, 15) is 13.2 Å². The second kappa shape index (κ2) is 5.06. The van der Waals surface area contributed by atoms with Crippen LogP contribution in [0, 0.1) is 0 Å². The van der Waals surface area contributed by atoms with E-state index < -0.39 is 11.7 Å². The van der Waals surface area contributed by atoms with Crippen molar-refractivity contribution in [2.24, 2.45) is 0 Å². The number of nitrogen functional groups attached to an aromatic ring is 1. The first kappa shape index (κ1) is 13.0. The fraction of sp³-hybridized carbons (Fsp3) is 0.500. The van der Waals surface area contributed by atoms with E-state index in [4.69, 9.17) is 10.5 Å². The quantitative estimate of drug-likeness (QED) is 0.821. The molecule has 3 N–H and O–H groups in total. The molecule has 2 rings (SSSR count). The lowest BCUT2D eigenvalue weighted by atomic mass is 10.1. The fourth-order valence-corrected chi connectivity index (χ4v) is 1.98. The summed E-state index contributed by atoms with van der Waals surface area (Å²) in [6.07, 6.45) is -2.58. The highest BCUT2D eigenvalue weighted by Crippen LogP contribution is 2.36. The summed E-state index contributed by atoms with van der Waals surface area (Å²) in [7, 11) is 0. The van der Waals surface area contributed by atoms with Crippen molar-refractivity contribution in [1.82, 2.24) is 0 Å². The number of hydrogen-bond donors (Lipinski definition) is 2. The maximum absolute atomic E-state index is 12.8. The Kier molecular flexibility index (Phi) is 3.65. The van der Waals surface area contributed by atoms with Crippen LogP contribution in [0.3, 0.4) is 0 Å². The molecule has 1 unspecified atom stereocenters. The topological polar surface area (TPSA) is 47.3 Å². The van der Waals surface area contributed by atoms with Gasteiger partial charge in [-0.3, -0.25) is 0 Å². The number of rotatable bonds is 3. The van der Waals surface area contributed by atoms with Crippen molar-refractivity contribution in [2.45, 2.75) is 25.1 Å². The minimum Gasteiger partial charge on any atom is -0.399 e. The zero-order chi connectivity index (χ0) is 13.2. The summed E-state index contributed by atoms with van der Waals surface area (Å²) in [6, 6.07) is 3.75. The maximum atomic E-state index is 12.8. The van der Waals surface area contributed by atoms with Crippen molar-refractivity contribution < 1.29 is 17.9 Å². The number of alkyl halides is 3. The smallest absolute Gasteiger partial charge is 0.399 e. The molecule has 100 valence electrons. The summed E-state index contributed by atoms with van der Waals surface area (Å²) in [5.74, 6) is 0. The van der Waals surface area contributed by atoms with Gasteiger partial charge < -0.3 is 15.8 Å². The van der Waals surface area contributed by atoms with Crippen molar-refractivity contribution in [3.63, 3.8) is 0 Å². The number of halogens is 3. The van der Waals surface area contributed by atoms with Crippen LogP contribution in [0.5, 0.6) is 0 Å². The summed E-state index contributed by atoms with van der Waals surface area (Å²) < 4.78 is 43.8.